The molecular formula is C22H24N6O3. The second-order valence-corrected chi connectivity index (χ2v) is 7.13. The van der Waals surface area contributed by atoms with Crippen LogP contribution in [0.5, 0.6) is 17.2 Å². The molecule has 1 aromatic carbocycles. The maximum Gasteiger partial charge on any atom is 0.203 e. The first-order valence-corrected chi connectivity index (χ1v) is 9.78. The van der Waals surface area contributed by atoms with Crippen LogP contribution in [0.15, 0.2) is 43.0 Å². The van der Waals surface area contributed by atoms with Crippen LogP contribution in [-0.4, -0.2) is 45.8 Å². The third-order valence-corrected chi connectivity index (χ3v) is 4.77. The molecule has 9 heteroatoms. The number of fused-ring (bicyclic) bond motifs is 1. The van der Waals surface area contributed by atoms with Gasteiger partial charge in [-0.2, -0.15) is 0 Å². The van der Waals surface area contributed by atoms with E-state index in [4.69, 9.17) is 14.2 Å². The maximum absolute atomic E-state index is 5.45. The summed E-state index contributed by atoms with van der Waals surface area (Å²) < 4.78 is 18.1. The van der Waals surface area contributed by atoms with E-state index in [-0.39, 0.29) is 5.92 Å². The number of aromatic nitrogens is 5. The van der Waals surface area contributed by atoms with Crippen LogP contribution in [0.4, 0.5) is 11.6 Å². The zero-order valence-corrected chi connectivity index (χ0v) is 18.1. The first kappa shape index (κ1) is 20.4. The Kier molecular flexibility index (Phi) is 5.57. The molecule has 0 saturated heterocycles. The summed E-state index contributed by atoms with van der Waals surface area (Å²) in [5, 5.41) is 3.28. The van der Waals surface area contributed by atoms with Crippen molar-refractivity contribution in [3.63, 3.8) is 0 Å². The molecule has 4 aromatic rings. The average molecular weight is 420 g/mol. The van der Waals surface area contributed by atoms with Gasteiger partial charge in [0.15, 0.2) is 17.3 Å². The number of nitrogens with one attached hydrogen (secondary N) is 1. The summed E-state index contributed by atoms with van der Waals surface area (Å²) in [4.78, 5) is 18.2. The normalized spacial score (nSPS) is 11.0. The van der Waals surface area contributed by atoms with Crippen molar-refractivity contribution in [3.8, 4) is 22.9 Å². The van der Waals surface area contributed by atoms with Crippen molar-refractivity contribution in [2.75, 3.05) is 26.6 Å². The fourth-order valence-corrected chi connectivity index (χ4v) is 3.20. The van der Waals surface area contributed by atoms with Crippen molar-refractivity contribution >= 4 is 22.7 Å². The van der Waals surface area contributed by atoms with E-state index in [1.165, 1.54) is 0 Å². The molecule has 0 bridgehead atoms. The Hall–Kier alpha value is -3.88. The van der Waals surface area contributed by atoms with Crippen LogP contribution >= 0.6 is 0 Å². The molecule has 3 heterocycles. The van der Waals surface area contributed by atoms with Crippen molar-refractivity contribution in [1.82, 2.24) is 24.5 Å². The van der Waals surface area contributed by atoms with E-state index in [1.807, 2.05) is 35.0 Å². The summed E-state index contributed by atoms with van der Waals surface area (Å²) in [7, 11) is 4.74. The van der Waals surface area contributed by atoms with E-state index in [0.29, 0.717) is 34.4 Å². The smallest absolute Gasteiger partial charge is 0.203 e. The zero-order chi connectivity index (χ0) is 22.0. The third kappa shape index (κ3) is 3.94. The molecule has 0 aliphatic heterocycles. The topological polar surface area (TPSA) is 96.2 Å². The van der Waals surface area contributed by atoms with E-state index in [0.717, 1.165) is 17.0 Å². The van der Waals surface area contributed by atoms with Gasteiger partial charge in [-0.25, -0.2) is 15.0 Å². The predicted molar refractivity (Wildman–Crippen MR) is 118 cm³/mol. The average Bonchev–Trinajstić information content (AvgIpc) is 3.26. The Labute approximate surface area is 180 Å². The Balaban J connectivity index is 1.71. The van der Waals surface area contributed by atoms with Gasteiger partial charge >= 0.3 is 0 Å². The third-order valence-electron chi connectivity index (χ3n) is 4.77. The van der Waals surface area contributed by atoms with Gasteiger partial charge in [0.1, 0.15) is 23.5 Å². The standard InChI is InChI=1S/C22H24N6O3/c1-13(2)21-25-15-7-6-8-23-19(15)22(27-21)26-18-11-28(12-24-18)14-9-16(29-3)20(31-5)17(10-14)30-4/h6-13H,1-5H3,(H,25,26,27). The van der Waals surface area contributed by atoms with Gasteiger partial charge in [0.05, 0.1) is 38.7 Å². The van der Waals surface area contributed by atoms with Crippen LogP contribution in [-0.2, 0) is 0 Å². The molecule has 0 fully saturated rings. The number of anilines is 2. The number of hydrogen-bond acceptors (Lipinski definition) is 8. The lowest BCUT2D eigenvalue weighted by molar-refractivity contribution is 0.324. The van der Waals surface area contributed by atoms with E-state index < -0.39 is 0 Å². The number of ether oxygens (including phenoxy) is 3. The van der Waals surface area contributed by atoms with Gasteiger partial charge in [-0.15, -0.1) is 0 Å². The minimum absolute atomic E-state index is 0.182. The van der Waals surface area contributed by atoms with Crippen LogP contribution in [0.1, 0.15) is 25.6 Å². The molecule has 4 rings (SSSR count). The van der Waals surface area contributed by atoms with Crippen LogP contribution in [0.2, 0.25) is 0 Å². The largest absolute Gasteiger partial charge is 0.493 e. The highest BCUT2D eigenvalue weighted by Gasteiger charge is 2.16. The van der Waals surface area contributed by atoms with Crippen LogP contribution in [0.3, 0.4) is 0 Å². The molecular weight excluding hydrogens is 396 g/mol. The Morgan fingerprint density at radius 1 is 0.968 bits per heavy atom. The number of hydrogen-bond donors (Lipinski definition) is 1. The number of rotatable bonds is 7. The van der Waals surface area contributed by atoms with E-state index in [9.17, 15) is 0 Å². The highest BCUT2D eigenvalue weighted by atomic mass is 16.5. The Bertz CT molecular complexity index is 1200. The lowest BCUT2D eigenvalue weighted by atomic mass is 10.2. The van der Waals surface area contributed by atoms with Crippen LogP contribution in [0, 0.1) is 0 Å². The van der Waals surface area contributed by atoms with Crippen molar-refractivity contribution in [3.05, 3.63) is 48.8 Å². The number of pyridine rings is 1. The Morgan fingerprint density at radius 2 is 1.71 bits per heavy atom. The van der Waals surface area contributed by atoms with Gasteiger partial charge in [-0.3, -0.25) is 4.98 Å². The number of nitrogens with zero attached hydrogens (tertiary/aromatic N) is 5. The monoisotopic (exact) mass is 420 g/mol. The van der Waals surface area contributed by atoms with Crippen LogP contribution < -0.4 is 19.5 Å². The van der Waals surface area contributed by atoms with Crippen LogP contribution in [0.25, 0.3) is 16.7 Å². The fourth-order valence-electron chi connectivity index (χ4n) is 3.20. The maximum atomic E-state index is 5.45. The van der Waals surface area contributed by atoms with Gasteiger partial charge in [0.25, 0.3) is 0 Å². The zero-order valence-electron chi connectivity index (χ0n) is 18.1. The molecule has 1 N–H and O–H groups in total. The molecule has 0 aliphatic carbocycles. The number of methoxy groups -OCH3 is 3. The van der Waals surface area contributed by atoms with Gasteiger partial charge in [0.2, 0.25) is 5.75 Å². The SMILES string of the molecule is COc1cc(-n2cnc(Nc3nc(C(C)C)nc4cccnc34)c2)cc(OC)c1OC. The summed E-state index contributed by atoms with van der Waals surface area (Å²) in [6.07, 6.45) is 5.27. The minimum atomic E-state index is 0.182. The second kappa shape index (κ2) is 8.47. The summed E-state index contributed by atoms with van der Waals surface area (Å²) >= 11 is 0. The first-order chi connectivity index (χ1) is 15.0. The molecule has 0 amide bonds. The van der Waals surface area contributed by atoms with Crippen molar-refractivity contribution in [2.45, 2.75) is 19.8 Å². The van der Waals surface area contributed by atoms with E-state index >= 15 is 0 Å². The second-order valence-electron chi connectivity index (χ2n) is 7.13. The Morgan fingerprint density at radius 3 is 2.35 bits per heavy atom. The molecule has 0 atom stereocenters. The summed E-state index contributed by atoms with van der Waals surface area (Å²) in [5.74, 6) is 3.82. The molecule has 0 radical (unpaired) electrons. The van der Waals surface area contributed by atoms with Gasteiger partial charge in [0, 0.05) is 24.2 Å². The molecule has 0 unspecified atom stereocenters. The van der Waals surface area contributed by atoms with Gasteiger partial charge in [-0.05, 0) is 12.1 Å². The van der Waals surface area contributed by atoms with E-state index in [2.05, 4.69) is 39.1 Å². The lowest BCUT2D eigenvalue weighted by Gasteiger charge is -2.14. The summed E-state index contributed by atoms with van der Waals surface area (Å²) in [6, 6.07) is 7.49. The quantitative estimate of drug-likeness (QED) is 0.477. The lowest BCUT2D eigenvalue weighted by Crippen LogP contribution is -2.04. The highest BCUT2D eigenvalue weighted by Crippen LogP contribution is 2.39. The predicted octanol–water partition coefficient (Wildman–Crippen LogP) is 4.10. The molecule has 160 valence electrons. The molecule has 0 spiro atoms. The van der Waals surface area contributed by atoms with Crippen molar-refractivity contribution in [2.24, 2.45) is 0 Å². The molecule has 3 aromatic heterocycles. The van der Waals surface area contributed by atoms with Gasteiger partial charge < -0.3 is 24.1 Å². The first-order valence-electron chi connectivity index (χ1n) is 9.78. The summed E-state index contributed by atoms with van der Waals surface area (Å²) in [5.41, 5.74) is 2.28. The highest BCUT2D eigenvalue weighted by molar-refractivity contribution is 5.86. The fraction of sp³-hybridized carbons (Fsp3) is 0.273. The number of benzene rings is 1. The van der Waals surface area contributed by atoms with Crippen molar-refractivity contribution in [1.29, 1.82) is 0 Å². The summed E-state index contributed by atoms with van der Waals surface area (Å²) in [6.45, 7) is 4.11. The molecule has 31 heavy (non-hydrogen) atoms. The molecule has 0 saturated carbocycles. The van der Waals surface area contributed by atoms with E-state index in [1.54, 1.807) is 33.9 Å². The molecule has 0 aliphatic rings. The van der Waals surface area contributed by atoms with Gasteiger partial charge in [-0.1, -0.05) is 13.8 Å². The number of imidazole rings is 1. The van der Waals surface area contributed by atoms with Crippen molar-refractivity contribution < 1.29 is 14.2 Å². The molecule has 9 nitrogen and oxygen atoms in total. The minimum Gasteiger partial charge on any atom is -0.493 e.